The number of ketones is 1. The third kappa shape index (κ3) is 4.49. The lowest BCUT2D eigenvalue weighted by Crippen LogP contribution is -2.37. The maximum Gasteiger partial charge on any atom is 0.252 e. The van der Waals surface area contributed by atoms with Gasteiger partial charge in [-0.1, -0.05) is 35.9 Å². The Morgan fingerprint density at radius 1 is 1.09 bits per heavy atom. The van der Waals surface area contributed by atoms with Gasteiger partial charge in [-0.2, -0.15) is 9.97 Å². The van der Waals surface area contributed by atoms with Gasteiger partial charge >= 0.3 is 0 Å². The lowest BCUT2D eigenvalue weighted by atomic mass is 10.0. The summed E-state index contributed by atoms with van der Waals surface area (Å²) in [5.74, 6) is 1.71. The van der Waals surface area contributed by atoms with E-state index >= 15 is 0 Å². The van der Waals surface area contributed by atoms with Gasteiger partial charge < -0.3 is 18.9 Å². The number of carbonyl (C=O) groups excluding carboxylic acids is 1. The number of benzene rings is 2. The van der Waals surface area contributed by atoms with Gasteiger partial charge in [-0.15, -0.1) is 0 Å². The molecular formula is C26H27N5O3. The highest BCUT2D eigenvalue weighted by molar-refractivity contribution is 5.97. The number of hydrogen-bond donors (Lipinski definition) is 0. The maximum absolute atomic E-state index is 12.8. The van der Waals surface area contributed by atoms with E-state index in [4.69, 9.17) is 19.4 Å². The molecule has 0 spiro atoms. The molecular weight excluding hydrogens is 430 g/mol. The number of rotatable bonds is 6. The highest BCUT2D eigenvalue weighted by Crippen LogP contribution is 2.31. The van der Waals surface area contributed by atoms with Crippen LogP contribution in [0.15, 0.2) is 48.8 Å². The quantitative estimate of drug-likeness (QED) is 0.404. The lowest BCUT2D eigenvalue weighted by molar-refractivity contribution is 0.0993. The minimum atomic E-state index is 0.0715. The van der Waals surface area contributed by atoms with E-state index in [-0.39, 0.29) is 5.78 Å². The summed E-state index contributed by atoms with van der Waals surface area (Å²) in [5.41, 5.74) is 4.91. The molecule has 1 fully saturated rings. The molecule has 5 rings (SSSR count). The molecule has 4 aromatic rings. The first-order valence-corrected chi connectivity index (χ1v) is 11.4. The number of anilines is 1. The molecule has 174 valence electrons. The molecule has 0 aliphatic carbocycles. The van der Waals surface area contributed by atoms with Crippen molar-refractivity contribution in [3.8, 4) is 11.6 Å². The predicted octanol–water partition coefficient (Wildman–Crippen LogP) is 4.03. The van der Waals surface area contributed by atoms with E-state index < -0.39 is 0 Å². The van der Waals surface area contributed by atoms with Crippen LogP contribution in [0.1, 0.15) is 27.0 Å². The van der Waals surface area contributed by atoms with Crippen LogP contribution in [0.2, 0.25) is 0 Å². The Hall–Kier alpha value is -3.78. The zero-order valence-electron chi connectivity index (χ0n) is 19.6. The van der Waals surface area contributed by atoms with Crippen LogP contribution in [0.25, 0.3) is 11.2 Å². The van der Waals surface area contributed by atoms with Crippen LogP contribution >= 0.6 is 0 Å². The van der Waals surface area contributed by atoms with Crippen molar-refractivity contribution in [3.05, 3.63) is 71.0 Å². The van der Waals surface area contributed by atoms with Crippen LogP contribution in [0.4, 0.5) is 5.95 Å². The summed E-state index contributed by atoms with van der Waals surface area (Å²) in [5, 5.41) is 0. The first-order chi connectivity index (χ1) is 16.5. The van der Waals surface area contributed by atoms with Gasteiger partial charge in [0.1, 0.15) is 5.75 Å². The molecule has 0 N–H and O–H groups in total. The van der Waals surface area contributed by atoms with E-state index in [1.165, 1.54) is 0 Å². The minimum Gasteiger partial charge on any atom is -0.437 e. The molecule has 34 heavy (non-hydrogen) atoms. The Labute approximate surface area is 198 Å². The molecule has 2 aromatic carbocycles. The SMILES string of the molecule is Cc1cccc(C(=O)Cc2ccc(C)c(Oc3nc(N4CCOCC4)nc4c3ncn4C)c2)c1. The van der Waals surface area contributed by atoms with Crippen molar-refractivity contribution in [1.82, 2.24) is 19.5 Å². The highest BCUT2D eigenvalue weighted by atomic mass is 16.5. The van der Waals surface area contributed by atoms with Gasteiger partial charge in [-0.25, -0.2) is 4.98 Å². The minimum absolute atomic E-state index is 0.0715. The summed E-state index contributed by atoms with van der Waals surface area (Å²) in [6, 6.07) is 13.5. The number of nitrogens with zero attached hydrogens (tertiary/aromatic N) is 5. The average molecular weight is 458 g/mol. The highest BCUT2D eigenvalue weighted by Gasteiger charge is 2.20. The molecule has 1 aliphatic rings. The Morgan fingerprint density at radius 3 is 2.71 bits per heavy atom. The number of morpholine rings is 1. The number of Topliss-reactive ketones (excluding diaryl/α,β-unsaturated/α-hetero) is 1. The molecule has 2 aromatic heterocycles. The maximum atomic E-state index is 12.8. The standard InChI is InChI=1S/C26H27N5O3/c1-17-5-4-6-20(13-17)21(32)14-19-8-7-18(2)22(15-19)34-25-23-24(30(3)16-27-23)28-26(29-25)31-9-11-33-12-10-31/h4-8,13,15-16H,9-12,14H2,1-3H3. The molecule has 0 amide bonds. The molecule has 1 saturated heterocycles. The fourth-order valence-corrected chi connectivity index (χ4v) is 4.02. The smallest absolute Gasteiger partial charge is 0.252 e. The zero-order valence-corrected chi connectivity index (χ0v) is 19.6. The molecule has 0 bridgehead atoms. The summed E-state index contributed by atoms with van der Waals surface area (Å²) >= 11 is 0. The Morgan fingerprint density at radius 2 is 1.91 bits per heavy atom. The van der Waals surface area contributed by atoms with Gasteiger partial charge in [0.15, 0.2) is 16.9 Å². The molecule has 0 unspecified atom stereocenters. The van der Waals surface area contributed by atoms with Crippen molar-refractivity contribution in [1.29, 1.82) is 0 Å². The van der Waals surface area contributed by atoms with Crippen LogP contribution in [0.5, 0.6) is 11.6 Å². The van der Waals surface area contributed by atoms with Gasteiger partial charge in [0, 0.05) is 32.1 Å². The molecule has 3 heterocycles. The summed E-state index contributed by atoms with van der Waals surface area (Å²) in [6.07, 6.45) is 2.00. The normalized spacial score (nSPS) is 13.9. The first-order valence-electron chi connectivity index (χ1n) is 11.4. The fraction of sp³-hybridized carbons (Fsp3) is 0.308. The third-order valence-electron chi connectivity index (χ3n) is 5.97. The number of ether oxygens (including phenoxy) is 2. The van der Waals surface area contributed by atoms with E-state index in [9.17, 15) is 4.79 Å². The Bertz CT molecular complexity index is 1360. The van der Waals surface area contributed by atoms with Gasteiger partial charge in [-0.05, 0) is 37.1 Å². The van der Waals surface area contributed by atoms with Gasteiger partial charge in [0.2, 0.25) is 5.95 Å². The van der Waals surface area contributed by atoms with Crippen molar-refractivity contribution in [3.63, 3.8) is 0 Å². The lowest BCUT2D eigenvalue weighted by Gasteiger charge is -2.27. The molecule has 8 heteroatoms. The van der Waals surface area contributed by atoms with E-state index in [0.717, 1.165) is 29.8 Å². The summed E-state index contributed by atoms with van der Waals surface area (Å²) < 4.78 is 13.6. The second kappa shape index (κ2) is 9.23. The molecule has 0 saturated carbocycles. The second-order valence-corrected chi connectivity index (χ2v) is 8.63. The summed E-state index contributed by atoms with van der Waals surface area (Å²) in [7, 11) is 1.90. The molecule has 0 atom stereocenters. The van der Waals surface area contributed by atoms with Crippen LogP contribution < -0.4 is 9.64 Å². The van der Waals surface area contributed by atoms with Crippen LogP contribution in [-0.2, 0) is 18.2 Å². The predicted molar refractivity (Wildman–Crippen MR) is 130 cm³/mol. The van der Waals surface area contributed by atoms with Gasteiger partial charge in [0.25, 0.3) is 5.88 Å². The number of aromatic nitrogens is 4. The fourth-order valence-electron chi connectivity index (χ4n) is 4.02. The monoisotopic (exact) mass is 457 g/mol. The Kier molecular flexibility index (Phi) is 5.98. The van der Waals surface area contributed by atoms with E-state index in [1.54, 1.807) is 6.33 Å². The first kappa shape index (κ1) is 22.0. The van der Waals surface area contributed by atoms with Crippen molar-refractivity contribution < 1.29 is 14.3 Å². The number of hydrogen-bond acceptors (Lipinski definition) is 7. The Balaban J connectivity index is 1.46. The average Bonchev–Trinajstić information content (AvgIpc) is 3.22. The number of carbonyl (C=O) groups is 1. The molecule has 0 radical (unpaired) electrons. The number of fused-ring (bicyclic) bond motifs is 1. The van der Waals surface area contributed by atoms with Crippen molar-refractivity contribution >= 4 is 22.9 Å². The van der Waals surface area contributed by atoms with E-state index in [2.05, 4.69) is 9.88 Å². The summed E-state index contributed by atoms with van der Waals surface area (Å²) in [4.78, 5) is 28.8. The van der Waals surface area contributed by atoms with Crippen molar-refractivity contribution in [2.24, 2.45) is 7.05 Å². The van der Waals surface area contributed by atoms with Crippen molar-refractivity contribution in [2.45, 2.75) is 20.3 Å². The summed E-state index contributed by atoms with van der Waals surface area (Å²) in [6.45, 7) is 6.68. The van der Waals surface area contributed by atoms with Crippen molar-refractivity contribution in [2.75, 3.05) is 31.2 Å². The van der Waals surface area contributed by atoms with E-state index in [1.807, 2.05) is 67.9 Å². The van der Waals surface area contributed by atoms with E-state index in [0.29, 0.717) is 53.9 Å². The zero-order chi connectivity index (χ0) is 23.7. The van der Waals surface area contributed by atoms with Crippen LogP contribution in [0, 0.1) is 13.8 Å². The van der Waals surface area contributed by atoms with Crippen LogP contribution in [0.3, 0.4) is 0 Å². The van der Waals surface area contributed by atoms with Gasteiger partial charge in [-0.3, -0.25) is 4.79 Å². The van der Waals surface area contributed by atoms with Gasteiger partial charge in [0.05, 0.1) is 19.5 Å². The molecule has 8 nitrogen and oxygen atoms in total. The third-order valence-corrected chi connectivity index (χ3v) is 5.97. The number of aryl methyl sites for hydroxylation is 3. The topological polar surface area (TPSA) is 82.4 Å². The van der Waals surface area contributed by atoms with Crippen LogP contribution in [-0.4, -0.2) is 51.6 Å². The second-order valence-electron chi connectivity index (χ2n) is 8.63. The number of imidazole rings is 1. The largest absolute Gasteiger partial charge is 0.437 e. The molecule has 1 aliphatic heterocycles.